The van der Waals surface area contributed by atoms with E-state index in [1.807, 2.05) is 30.0 Å². The maximum absolute atomic E-state index is 15.3. The first-order valence-electron chi connectivity index (χ1n) is 11.9. The smallest absolute Gasteiger partial charge is 0.375 e. The second kappa shape index (κ2) is 11.1. The van der Waals surface area contributed by atoms with Gasteiger partial charge in [0.05, 0.1) is 17.5 Å². The van der Waals surface area contributed by atoms with Gasteiger partial charge in [0.25, 0.3) is 0 Å². The molecule has 2 aliphatic heterocycles. The molecule has 2 aliphatic rings. The fourth-order valence-corrected chi connectivity index (χ4v) is 4.70. The number of hydrogen-bond donors (Lipinski definition) is 2. The highest BCUT2D eigenvalue weighted by Gasteiger charge is 2.31. The van der Waals surface area contributed by atoms with E-state index < -0.39 is 11.7 Å². The molecule has 3 heterocycles. The van der Waals surface area contributed by atoms with Crippen molar-refractivity contribution in [2.45, 2.75) is 18.6 Å². The Balaban J connectivity index is 1.53. The van der Waals surface area contributed by atoms with Crippen LogP contribution < -0.4 is 25.9 Å². The van der Waals surface area contributed by atoms with E-state index in [9.17, 15) is 13.2 Å². The van der Waals surface area contributed by atoms with Gasteiger partial charge in [-0.3, -0.25) is 5.43 Å². The van der Waals surface area contributed by atoms with Crippen molar-refractivity contribution >= 4 is 40.7 Å². The molecular weight excluding hydrogens is 508 g/mol. The zero-order chi connectivity index (χ0) is 26.7. The molecule has 8 nitrogen and oxygen atoms in total. The summed E-state index contributed by atoms with van der Waals surface area (Å²) in [6.07, 6.45) is -1.08. The number of rotatable bonds is 6. The monoisotopic (exact) mass is 538 g/mol. The fraction of sp³-hybridized carbons (Fsp3) is 0.458. The third kappa shape index (κ3) is 6.39. The quantitative estimate of drug-likeness (QED) is 0.252. The van der Waals surface area contributed by atoms with Gasteiger partial charge in [-0.25, -0.2) is 9.37 Å². The van der Waals surface area contributed by atoms with Gasteiger partial charge in [0.1, 0.15) is 11.6 Å². The summed E-state index contributed by atoms with van der Waals surface area (Å²) in [5.74, 6) is 0.0856. The van der Waals surface area contributed by atoms with Crippen LogP contribution in [-0.2, 0) is 6.18 Å². The molecule has 0 amide bonds. The number of nitrogens with two attached hydrogens (primary N) is 1. The van der Waals surface area contributed by atoms with Gasteiger partial charge in [0, 0.05) is 62.8 Å². The first-order valence-corrected chi connectivity index (χ1v) is 12.3. The zero-order valence-corrected chi connectivity index (χ0v) is 21.5. The molecule has 0 spiro atoms. The first-order chi connectivity index (χ1) is 17.5. The predicted octanol–water partition coefficient (Wildman–Crippen LogP) is 2.87. The van der Waals surface area contributed by atoms with Crippen molar-refractivity contribution in [1.29, 1.82) is 0 Å². The molecule has 2 saturated heterocycles. The largest absolute Gasteiger partial charge is 0.417 e. The lowest BCUT2D eigenvalue weighted by molar-refractivity contribution is -0.137. The molecule has 0 aliphatic carbocycles. The maximum atomic E-state index is 15.3. The number of thiocarbonyl (C=S) groups is 1. The van der Waals surface area contributed by atoms with E-state index in [1.54, 1.807) is 0 Å². The first kappa shape index (κ1) is 26.9. The second-order valence-electron chi connectivity index (χ2n) is 9.33. The summed E-state index contributed by atoms with van der Waals surface area (Å²) in [6.45, 7) is 3.62. The number of hydrazone groups is 1. The topological polar surface area (TPSA) is 76.3 Å². The summed E-state index contributed by atoms with van der Waals surface area (Å²) in [5.41, 5.74) is 9.13. The average Bonchev–Trinajstić information content (AvgIpc) is 3.34. The lowest BCUT2D eigenvalue weighted by Crippen LogP contribution is -2.47. The molecule has 2 fully saturated rings. The average molecular weight is 539 g/mol. The molecule has 0 radical (unpaired) electrons. The van der Waals surface area contributed by atoms with Crippen molar-refractivity contribution in [3.8, 4) is 0 Å². The van der Waals surface area contributed by atoms with E-state index in [2.05, 4.69) is 25.3 Å². The molecule has 3 N–H and O–H groups in total. The molecule has 1 aromatic carbocycles. The Morgan fingerprint density at radius 3 is 2.38 bits per heavy atom. The molecule has 200 valence electrons. The molecule has 4 rings (SSSR count). The Hall–Kier alpha value is -3.19. The van der Waals surface area contributed by atoms with Crippen molar-refractivity contribution in [3.05, 3.63) is 47.4 Å². The Morgan fingerprint density at radius 1 is 1.11 bits per heavy atom. The van der Waals surface area contributed by atoms with Crippen molar-refractivity contribution in [2.24, 2.45) is 10.8 Å². The number of hydrogen-bond acceptors (Lipinski definition) is 7. The third-order valence-corrected chi connectivity index (χ3v) is 6.82. The summed E-state index contributed by atoms with van der Waals surface area (Å²) >= 11 is 4.79. The molecule has 1 aromatic heterocycles. The van der Waals surface area contributed by atoms with Crippen molar-refractivity contribution in [3.63, 3.8) is 0 Å². The summed E-state index contributed by atoms with van der Waals surface area (Å²) in [4.78, 5) is 12.2. The number of alkyl halides is 3. The van der Waals surface area contributed by atoms with E-state index in [0.717, 1.165) is 37.5 Å². The number of anilines is 3. The number of likely N-dealkylation sites (N-methyl/N-ethyl adjacent to an activating group) is 1. The highest BCUT2D eigenvalue weighted by Crippen LogP contribution is 2.33. The SMILES string of the molecule is CN(C)[C@@H]1CCN(c2cc(N3CCN(c4ccc(C(F)(F)F)cn4)CC3)c(F)cc2/C=N/NC(N)=S)C1. The lowest BCUT2D eigenvalue weighted by atomic mass is 10.1. The number of pyridine rings is 1. The van der Waals surface area contributed by atoms with Crippen LogP contribution in [0.1, 0.15) is 17.5 Å². The van der Waals surface area contributed by atoms with E-state index in [-0.39, 0.29) is 10.9 Å². The molecule has 0 saturated carbocycles. The van der Waals surface area contributed by atoms with Gasteiger partial charge in [-0.05, 0) is 57.0 Å². The number of nitrogens with zero attached hydrogens (tertiary/aromatic N) is 6. The molecular formula is C24H30F4N8S. The van der Waals surface area contributed by atoms with Crippen LogP contribution in [-0.4, -0.2) is 80.6 Å². The van der Waals surface area contributed by atoms with Crippen LogP contribution in [0.15, 0.2) is 35.6 Å². The van der Waals surface area contributed by atoms with Gasteiger partial charge < -0.3 is 25.3 Å². The highest BCUT2D eigenvalue weighted by atomic mass is 32.1. The normalized spacial score (nSPS) is 18.8. The summed E-state index contributed by atoms with van der Waals surface area (Å²) < 4.78 is 53.9. The lowest BCUT2D eigenvalue weighted by Gasteiger charge is -2.37. The summed E-state index contributed by atoms with van der Waals surface area (Å²) in [5, 5.41) is 4.05. The number of halogens is 4. The van der Waals surface area contributed by atoms with Crippen LogP contribution in [0.3, 0.4) is 0 Å². The summed E-state index contributed by atoms with van der Waals surface area (Å²) in [6, 6.07) is 6.10. The van der Waals surface area contributed by atoms with Crippen LogP contribution in [0.2, 0.25) is 0 Å². The van der Waals surface area contributed by atoms with Crippen LogP contribution in [0, 0.1) is 5.82 Å². The minimum absolute atomic E-state index is 0.0177. The van der Waals surface area contributed by atoms with Gasteiger partial charge in [-0.1, -0.05) is 0 Å². The van der Waals surface area contributed by atoms with Crippen LogP contribution in [0.25, 0.3) is 0 Å². The molecule has 0 bridgehead atoms. The maximum Gasteiger partial charge on any atom is 0.417 e. The van der Waals surface area contributed by atoms with Gasteiger partial charge in [-0.15, -0.1) is 0 Å². The standard InChI is InChI=1S/C24H30F4N8S/c1-33(2)18-5-6-36(15-18)20-12-21(19(25)11-16(20)13-31-32-23(29)37)34-7-9-35(10-8-34)22-4-3-17(14-30-22)24(26,27)28/h3-4,11-14,18H,5-10,15H2,1-2H3,(H3,29,32,37)/b31-13+/t18-/m1/s1. The van der Waals surface area contributed by atoms with Gasteiger partial charge in [-0.2, -0.15) is 18.3 Å². The van der Waals surface area contributed by atoms with Crippen molar-refractivity contribution in [2.75, 3.05) is 68.1 Å². The molecule has 1 atom stereocenters. The van der Waals surface area contributed by atoms with E-state index >= 15 is 4.39 Å². The van der Waals surface area contributed by atoms with Crippen molar-refractivity contribution < 1.29 is 17.6 Å². The Kier molecular flexibility index (Phi) is 8.02. The van der Waals surface area contributed by atoms with Crippen molar-refractivity contribution in [1.82, 2.24) is 15.3 Å². The van der Waals surface area contributed by atoms with Crippen LogP contribution in [0.5, 0.6) is 0 Å². The minimum atomic E-state index is -4.43. The number of aromatic nitrogens is 1. The Labute approximate surface area is 218 Å². The van der Waals surface area contributed by atoms with Crippen LogP contribution in [0.4, 0.5) is 34.8 Å². The zero-order valence-electron chi connectivity index (χ0n) is 20.7. The number of piperazine rings is 1. The fourth-order valence-electron chi connectivity index (χ4n) is 4.65. The van der Waals surface area contributed by atoms with E-state index in [1.165, 1.54) is 18.3 Å². The van der Waals surface area contributed by atoms with Gasteiger partial charge in [0.2, 0.25) is 0 Å². The molecule has 0 unspecified atom stereocenters. The van der Waals surface area contributed by atoms with Gasteiger partial charge >= 0.3 is 6.18 Å². The predicted molar refractivity (Wildman–Crippen MR) is 142 cm³/mol. The molecule has 2 aromatic rings. The van der Waals surface area contributed by atoms with E-state index in [0.29, 0.717) is 49.3 Å². The van der Waals surface area contributed by atoms with E-state index in [4.69, 9.17) is 18.0 Å². The van der Waals surface area contributed by atoms with Crippen LogP contribution >= 0.6 is 12.2 Å². The minimum Gasteiger partial charge on any atom is -0.375 e. The number of nitrogens with one attached hydrogen (secondary N) is 1. The second-order valence-corrected chi connectivity index (χ2v) is 9.77. The molecule has 13 heteroatoms. The molecule has 37 heavy (non-hydrogen) atoms. The number of benzene rings is 1. The summed E-state index contributed by atoms with van der Waals surface area (Å²) in [7, 11) is 4.09. The Bertz CT molecular complexity index is 1130. The third-order valence-electron chi connectivity index (χ3n) is 6.73. The van der Waals surface area contributed by atoms with Gasteiger partial charge in [0.15, 0.2) is 5.11 Å². The Morgan fingerprint density at radius 2 is 1.81 bits per heavy atom. The highest BCUT2D eigenvalue weighted by molar-refractivity contribution is 7.80.